The maximum Gasteiger partial charge on any atom is 0.119 e. The average Bonchev–Trinajstić information content (AvgIpc) is 2.48. The lowest BCUT2D eigenvalue weighted by molar-refractivity contribution is 0.0307. The molecule has 0 radical (unpaired) electrons. The third-order valence-corrected chi connectivity index (χ3v) is 3.94. The van der Waals surface area contributed by atoms with Gasteiger partial charge in [-0.2, -0.15) is 0 Å². The van der Waals surface area contributed by atoms with E-state index in [0.717, 1.165) is 37.1 Å². The molecule has 19 heavy (non-hydrogen) atoms. The first-order valence-electron chi connectivity index (χ1n) is 6.77. The van der Waals surface area contributed by atoms with Gasteiger partial charge in [0.2, 0.25) is 0 Å². The number of ether oxygens (including phenoxy) is 2. The molecule has 1 aromatic rings. The Hall–Kier alpha value is -1.26. The average molecular weight is 265 g/mol. The molecular weight excluding hydrogens is 242 g/mol. The van der Waals surface area contributed by atoms with Crippen molar-refractivity contribution in [2.75, 3.05) is 26.1 Å². The lowest BCUT2D eigenvalue weighted by Gasteiger charge is -2.40. The Bertz CT molecular complexity index is 393. The van der Waals surface area contributed by atoms with Gasteiger partial charge in [-0.05, 0) is 49.9 Å². The van der Waals surface area contributed by atoms with E-state index < -0.39 is 0 Å². The minimum Gasteiger partial charge on any atom is -0.497 e. The molecule has 2 atom stereocenters. The van der Waals surface area contributed by atoms with Crippen LogP contribution in [0.15, 0.2) is 24.3 Å². The number of hydrogen-bond acceptors (Lipinski definition) is 4. The number of nitrogens with one attached hydrogen (secondary N) is 1. The van der Waals surface area contributed by atoms with Gasteiger partial charge in [0.1, 0.15) is 5.75 Å². The molecule has 0 heterocycles. The first kappa shape index (κ1) is 14.2. The van der Waals surface area contributed by atoms with E-state index in [9.17, 15) is 5.11 Å². The highest BCUT2D eigenvalue weighted by atomic mass is 16.5. The summed E-state index contributed by atoms with van der Waals surface area (Å²) in [6.45, 7) is 0.124. The zero-order valence-electron chi connectivity index (χ0n) is 11.7. The van der Waals surface area contributed by atoms with E-state index >= 15 is 0 Å². The number of hydrogen-bond donors (Lipinski definition) is 2. The fourth-order valence-electron chi connectivity index (χ4n) is 2.79. The van der Waals surface area contributed by atoms with Crippen LogP contribution in [0.1, 0.15) is 25.7 Å². The Balaban J connectivity index is 2.08. The third-order valence-electron chi connectivity index (χ3n) is 3.94. The lowest BCUT2D eigenvalue weighted by Crippen LogP contribution is -2.48. The SMILES string of the molecule is COc1ccc(NC2(CO)CCCC(OC)C2)cc1. The fourth-order valence-corrected chi connectivity index (χ4v) is 2.79. The van der Waals surface area contributed by atoms with Crippen LogP contribution in [0, 0.1) is 0 Å². The summed E-state index contributed by atoms with van der Waals surface area (Å²) in [5.74, 6) is 0.835. The van der Waals surface area contributed by atoms with Gasteiger partial charge in [-0.1, -0.05) is 0 Å². The van der Waals surface area contributed by atoms with Crippen molar-refractivity contribution >= 4 is 5.69 Å². The molecule has 0 saturated heterocycles. The van der Waals surface area contributed by atoms with Crippen molar-refractivity contribution in [1.29, 1.82) is 0 Å². The topological polar surface area (TPSA) is 50.7 Å². The maximum atomic E-state index is 9.77. The van der Waals surface area contributed by atoms with Gasteiger partial charge in [-0.3, -0.25) is 0 Å². The molecule has 2 rings (SSSR count). The number of benzene rings is 1. The Morgan fingerprint density at radius 2 is 2.05 bits per heavy atom. The standard InChI is InChI=1S/C15H23NO3/c1-18-13-7-5-12(6-8-13)16-15(11-17)9-3-4-14(10-15)19-2/h5-8,14,16-17H,3-4,9-11H2,1-2H3. The van der Waals surface area contributed by atoms with Crippen molar-refractivity contribution in [3.8, 4) is 5.75 Å². The van der Waals surface area contributed by atoms with Crippen LogP contribution in [0.2, 0.25) is 0 Å². The zero-order valence-corrected chi connectivity index (χ0v) is 11.7. The van der Waals surface area contributed by atoms with E-state index in [-0.39, 0.29) is 18.2 Å². The van der Waals surface area contributed by atoms with Crippen LogP contribution in [-0.2, 0) is 4.74 Å². The van der Waals surface area contributed by atoms with Crippen LogP contribution < -0.4 is 10.1 Å². The molecule has 1 aromatic carbocycles. The smallest absolute Gasteiger partial charge is 0.119 e. The maximum absolute atomic E-state index is 9.77. The van der Waals surface area contributed by atoms with Crippen LogP contribution >= 0.6 is 0 Å². The van der Waals surface area contributed by atoms with Crippen LogP contribution in [0.5, 0.6) is 5.75 Å². The van der Waals surface area contributed by atoms with Crippen LogP contribution in [0.25, 0.3) is 0 Å². The van der Waals surface area contributed by atoms with E-state index in [1.54, 1.807) is 14.2 Å². The van der Waals surface area contributed by atoms with E-state index in [4.69, 9.17) is 9.47 Å². The first-order valence-corrected chi connectivity index (χ1v) is 6.77. The summed E-state index contributed by atoms with van der Waals surface area (Å²) in [6.07, 6.45) is 4.18. The van der Waals surface area contributed by atoms with Gasteiger partial charge in [0.15, 0.2) is 0 Å². The number of aliphatic hydroxyl groups is 1. The molecular formula is C15H23NO3. The molecule has 0 spiro atoms. The second-order valence-electron chi connectivity index (χ2n) is 5.25. The van der Waals surface area contributed by atoms with E-state index in [1.807, 2.05) is 24.3 Å². The lowest BCUT2D eigenvalue weighted by atomic mass is 9.80. The van der Waals surface area contributed by atoms with E-state index in [0.29, 0.717) is 0 Å². The summed E-state index contributed by atoms with van der Waals surface area (Å²) in [5, 5.41) is 13.2. The highest BCUT2D eigenvalue weighted by molar-refractivity contribution is 5.48. The minimum atomic E-state index is -0.270. The fraction of sp³-hybridized carbons (Fsp3) is 0.600. The second kappa shape index (κ2) is 6.26. The first-order chi connectivity index (χ1) is 9.21. The molecule has 0 aliphatic heterocycles. The van der Waals surface area contributed by atoms with Crippen molar-refractivity contribution in [3.63, 3.8) is 0 Å². The van der Waals surface area contributed by atoms with Gasteiger partial charge in [0.25, 0.3) is 0 Å². The van der Waals surface area contributed by atoms with Gasteiger partial charge in [-0.25, -0.2) is 0 Å². The number of aliphatic hydroxyl groups excluding tert-OH is 1. The van der Waals surface area contributed by atoms with Crippen LogP contribution in [-0.4, -0.2) is 37.6 Å². The molecule has 4 nitrogen and oxygen atoms in total. The van der Waals surface area contributed by atoms with E-state index in [1.165, 1.54) is 0 Å². The monoisotopic (exact) mass is 265 g/mol. The minimum absolute atomic E-state index is 0.124. The van der Waals surface area contributed by atoms with Gasteiger partial charge < -0.3 is 19.9 Å². The van der Waals surface area contributed by atoms with Crippen molar-refractivity contribution in [2.24, 2.45) is 0 Å². The largest absolute Gasteiger partial charge is 0.497 e. The summed E-state index contributed by atoms with van der Waals surface area (Å²) >= 11 is 0. The Kier molecular flexibility index (Phi) is 4.66. The van der Waals surface area contributed by atoms with Crippen molar-refractivity contribution in [3.05, 3.63) is 24.3 Å². The molecule has 1 saturated carbocycles. The molecule has 2 unspecified atom stereocenters. The predicted octanol–water partition coefficient (Wildman–Crippen LogP) is 2.43. The second-order valence-corrected chi connectivity index (χ2v) is 5.25. The zero-order chi connectivity index (χ0) is 13.7. The summed E-state index contributed by atoms with van der Waals surface area (Å²) in [4.78, 5) is 0. The molecule has 2 N–H and O–H groups in total. The summed E-state index contributed by atoms with van der Waals surface area (Å²) in [7, 11) is 3.40. The van der Waals surface area contributed by atoms with E-state index in [2.05, 4.69) is 5.32 Å². The third kappa shape index (κ3) is 3.39. The molecule has 0 amide bonds. The van der Waals surface area contributed by atoms with Gasteiger partial charge in [-0.15, -0.1) is 0 Å². The highest BCUT2D eigenvalue weighted by Gasteiger charge is 2.35. The quantitative estimate of drug-likeness (QED) is 0.858. The number of rotatable bonds is 5. The van der Waals surface area contributed by atoms with Gasteiger partial charge >= 0.3 is 0 Å². The Labute approximate surface area is 114 Å². The number of methoxy groups -OCH3 is 2. The Morgan fingerprint density at radius 1 is 1.32 bits per heavy atom. The molecule has 4 heteroatoms. The normalized spacial score (nSPS) is 27.0. The summed E-state index contributed by atoms with van der Waals surface area (Å²) in [6, 6.07) is 7.80. The molecule has 106 valence electrons. The molecule has 0 aromatic heterocycles. The molecule has 1 fully saturated rings. The van der Waals surface area contributed by atoms with Crippen molar-refractivity contribution in [2.45, 2.75) is 37.3 Å². The number of anilines is 1. The molecule has 0 bridgehead atoms. The molecule has 1 aliphatic rings. The van der Waals surface area contributed by atoms with Gasteiger partial charge in [0, 0.05) is 12.8 Å². The van der Waals surface area contributed by atoms with Crippen LogP contribution in [0.3, 0.4) is 0 Å². The van der Waals surface area contributed by atoms with Gasteiger partial charge in [0.05, 0.1) is 25.4 Å². The van der Waals surface area contributed by atoms with Crippen LogP contribution in [0.4, 0.5) is 5.69 Å². The predicted molar refractivity (Wildman–Crippen MR) is 75.7 cm³/mol. The van der Waals surface area contributed by atoms with Crippen molar-refractivity contribution in [1.82, 2.24) is 0 Å². The Morgan fingerprint density at radius 3 is 2.63 bits per heavy atom. The summed E-state index contributed by atoms with van der Waals surface area (Å²) < 4.78 is 10.6. The molecule has 1 aliphatic carbocycles. The highest BCUT2D eigenvalue weighted by Crippen LogP contribution is 2.33. The van der Waals surface area contributed by atoms with Crippen molar-refractivity contribution < 1.29 is 14.6 Å². The summed E-state index contributed by atoms with van der Waals surface area (Å²) in [5.41, 5.74) is 0.736.